The van der Waals surface area contributed by atoms with E-state index < -0.39 is 0 Å². The Morgan fingerprint density at radius 1 is 0.848 bits per heavy atom. The van der Waals surface area contributed by atoms with Crippen molar-refractivity contribution in [1.29, 1.82) is 0 Å². The molecular formula is C27H32N2O4. The van der Waals surface area contributed by atoms with Crippen molar-refractivity contribution in [3.8, 4) is 11.5 Å². The van der Waals surface area contributed by atoms with E-state index in [0.29, 0.717) is 30.8 Å². The van der Waals surface area contributed by atoms with Gasteiger partial charge in [-0.2, -0.15) is 0 Å². The lowest BCUT2D eigenvalue weighted by Crippen LogP contribution is -2.38. The van der Waals surface area contributed by atoms with E-state index in [9.17, 15) is 9.59 Å². The second-order valence-electron chi connectivity index (χ2n) is 8.50. The number of imide groups is 1. The van der Waals surface area contributed by atoms with Gasteiger partial charge in [0.2, 0.25) is 0 Å². The van der Waals surface area contributed by atoms with Crippen LogP contribution in [0.1, 0.15) is 43.7 Å². The molecule has 174 valence electrons. The molecule has 6 heteroatoms. The van der Waals surface area contributed by atoms with Crippen LogP contribution in [0.2, 0.25) is 0 Å². The van der Waals surface area contributed by atoms with Crippen LogP contribution in [-0.4, -0.2) is 55.0 Å². The summed E-state index contributed by atoms with van der Waals surface area (Å²) in [6, 6.07) is 15.3. The summed E-state index contributed by atoms with van der Waals surface area (Å²) in [5, 5.41) is 0. The van der Waals surface area contributed by atoms with E-state index >= 15 is 0 Å². The lowest BCUT2D eigenvalue weighted by Gasteiger charge is -2.29. The molecule has 0 aromatic heterocycles. The van der Waals surface area contributed by atoms with Crippen molar-refractivity contribution in [2.24, 2.45) is 0 Å². The second kappa shape index (κ2) is 10.6. The topological polar surface area (TPSA) is 59.1 Å². The Kier molecular flexibility index (Phi) is 7.33. The van der Waals surface area contributed by atoms with Gasteiger partial charge in [0.15, 0.2) is 0 Å². The highest BCUT2D eigenvalue weighted by atomic mass is 16.5. The summed E-state index contributed by atoms with van der Waals surface area (Å²) in [7, 11) is 1.63. The maximum atomic E-state index is 13.5. The Balaban J connectivity index is 1.58. The number of carbonyl (C=O) groups excluding carboxylic acids is 2. The van der Waals surface area contributed by atoms with E-state index in [1.165, 1.54) is 4.90 Å². The molecule has 2 aromatic carbocycles. The molecule has 1 fully saturated rings. The minimum absolute atomic E-state index is 0.184. The molecule has 0 aliphatic carbocycles. The Labute approximate surface area is 195 Å². The Bertz CT molecular complexity index is 1010. The number of rotatable bonds is 9. The normalized spacial score (nSPS) is 16.5. The third kappa shape index (κ3) is 5.05. The lowest BCUT2D eigenvalue weighted by atomic mass is 10.0. The maximum absolute atomic E-state index is 13.5. The Morgan fingerprint density at radius 2 is 1.52 bits per heavy atom. The number of piperidine rings is 1. The van der Waals surface area contributed by atoms with Crippen molar-refractivity contribution in [3.05, 3.63) is 65.4 Å². The number of hydrogen-bond acceptors (Lipinski definition) is 5. The molecule has 2 aromatic rings. The van der Waals surface area contributed by atoms with Gasteiger partial charge in [0.05, 0.1) is 19.3 Å². The van der Waals surface area contributed by atoms with Gasteiger partial charge in [-0.05, 0) is 67.5 Å². The first-order valence-electron chi connectivity index (χ1n) is 11.8. The molecular weight excluding hydrogens is 416 g/mol. The number of ether oxygens (including phenoxy) is 2. The summed E-state index contributed by atoms with van der Waals surface area (Å²) < 4.78 is 10.9. The first-order valence-corrected chi connectivity index (χ1v) is 11.8. The van der Waals surface area contributed by atoms with Crippen LogP contribution in [0.5, 0.6) is 11.5 Å². The van der Waals surface area contributed by atoms with Crippen LogP contribution in [0.4, 0.5) is 0 Å². The van der Waals surface area contributed by atoms with Crippen molar-refractivity contribution >= 4 is 17.4 Å². The molecule has 0 N–H and O–H groups in total. The fourth-order valence-electron chi connectivity index (χ4n) is 4.41. The standard InChI is InChI=1S/C27H32N2O4/c1-3-19-33-23-13-9-21(10-14-23)24-25(28-16-5-4-6-17-28)27(31)29(26(24)30)18-15-20-7-11-22(32-2)12-8-20/h7-14H,3-6,15-19H2,1-2H3. The zero-order valence-electron chi connectivity index (χ0n) is 19.5. The van der Waals surface area contributed by atoms with Gasteiger partial charge >= 0.3 is 0 Å². The van der Waals surface area contributed by atoms with Crippen molar-refractivity contribution < 1.29 is 19.1 Å². The number of methoxy groups -OCH3 is 1. The van der Waals surface area contributed by atoms with E-state index in [4.69, 9.17) is 9.47 Å². The van der Waals surface area contributed by atoms with E-state index in [2.05, 4.69) is 11.8 Å². The highest BCUT2D eigenvalue weighted by molar-refractivity contribution is 6.35. The van der Waals surface area contributed by atoms with Crippen LogP contribution in [-0.2, 0) is 16.0 Å². The average Bonchev–Trinajstić information content (AvgIpc) is 3.11. The molecule has 6 nitrogen and oxygen atoms in total. The maximum Gasteiger partial charge on any atom is 0.277 e. The molecule has 0 atom stereocenters. The fourth-order valence-corrected chi connectivity index (χ4v) is 4.41. The molecule has 0 spiro atoms. The minimum atomic E-state index is -0.212. The summed E-state index contributed by atoms with van der Waals surface area (Å²) in [5.41, 5.74) is 2.89. The van der Waals surface area contributed by atoms with Gasteiger partial charge < -0.3 is 14.4 Å². The summed E-state index contributed by atoms with van der Waals surface area (Å²) in [6.45, 7) is 4.68. The molecule has 2 aliphatic rings. The second-order valence-corrected chi connectivity index (χ2v) is 8.50. The molecule has 0 bridgehead atoms. The summed E-state index contributed by atoms with van der Waals surface area (Å²) in [6.07, 6.45) is 4.77. The predicted octanol–water partition coefficient (Wildman–Crippen LogP) is 4.29. The van der Waals surface area contributed by atoms with Crippen LogP contribution < -0.4 is 9.47 Å². The van der Waals surface area contributed by atoms with Crippen molar-refractivity contribution in [2.45, 2.75) is 39.0 Å². The van der Waals surface area contributed by atoms with E-state index in [-0.39, 0.29) is 11.8 Å². The first-order chi connectivity index (χ1) is 16.1. The summed E-state index contributed by atoms with van der Waals surface area (Å²) in [4.78, 5) is 30.5. The van der Waals surface area contributed by atoms with E-state index in [0.717, 1.165) is 61.4 Å². The van der Waals surface area contributed by atoms with Crippen LogP contribution in [0.15, 0.2) is 54.2 Å². The van der Waals surface area contributed by atoms with Gasteiger partial charge in [-0.3, -0.25) is 14.5 Å². The van der Waals surface area contributed by atoms with E-state index in [1.807, 2.05) is 48.5 Å². The highest BCUT2D eigenvalue weighted by Crippen LogP contribution is 2.34. The third-order valence-corrected chi connectivity index (χ3v) is 6.21. The zero-order valence-corrected chi connectivity index (χ0v) is 19.5. The number of carbonyl (C=O) groups is 2. The Morgan fingerprint density at radius 3 is 2.15 bits per heavy atom. The zero-order chi connectivity index (χ0) is 23.2. The molecule has 4 rings (SSSR count). The van der Waals surface area contributed by atoms with Crippen LogP contribution in [0.3, 0.4) is 0 Å². The SMILES string of the molecule is CCCOc1ccc(C2=C(N3CCCCC3)C(=O)N(CCc3ccc(OC)cc3)C2=O)cc1. The summed E-state index contributed by atoms with van der Waals surface area (Å²) in [5.74, 6) is 1.16. The van der Waals surface area contributed by atoms with Gasteiger partial charge in [0.1, 0.15) is 17.2 Å². The number of hydrogen-bond donors (Lipinski definition) is 0. The lowest BCUT2D eigenvalue weighted by molar-refractivity contribution is -0.137. The molecule has 33 heavy (non-hydrogen) atoms. The van der Waals surface area contributed by atoms with Crippen molar-refractivity contribution in [2.75, 3.05) is 33.4 Å². The molecule has 0 saturated carbocycles. The number of likely N-dealkylation sites (tertiary alicyclic amines) is 1. The van der Waals surface area contributed by atoms with Gasteiger partial charge in [-0.25, -0.2) is 0 Å². The smallest absolute Gasteiger partial charge is 0.277 e. The summed E-state index contributed by atoms with van der Waals surface area (Å²) >= 11 is 0. The Hall–Kier alpha value is -3.28. The quantitative estimate of drug-likeness (QED) is 0.536. The largest absolute Gasteiger partial charge is 0.497 e. The first kappa shape index (κ1) is 22.9. The van der Waals surface area contributed by atoms with Crippen molar-refractivity contribution in [3.63, 3.8) is 0 Å². The third-order valence-electron chi connectivity index (χ3n) is 6.21. The molecule has 2 heterocycles. The average molecular weight is 449 g/mol. The minimum Gasteiger partial charge on any atom is -0.497 e. The van der Waals surface area contributed by atoms with Gasteiger partial charge in [-0.1, -0.05) is 31.2 Å². The van der Waals surface area contributed by atoms with Gasteiger partial charge in [0, 0.05) is 19.6 Å². The van der Waals surface area contributed by atoms with Crippen LogP contribution in [0.25, 0.3) is 5.57 Å². The molecule has 0 radical (unpaired) electrons. The number of nitrogens with zero attached hydrogens (tertiary/aromatic N) is 2. The van der Waals surface area contributed by atoms with Crippen molar-refractivity contribution in [1.82, 2.24) is 9.80 Å². The molecule has 2 amide bonds. The molecule has 0 unspecified atom stereocenters. The van der Waals surface area contributed by atoms with Crippen LogP contribution in [0, 0.1) is 0 Å². The molecule has 2 aliphatic heterocycles. The monoisotopic (exact) mass is 448 g/mol. The van der Waals surface area contributed by atoms with Gasteiger partial charge in [0.25, 0.3) is 11.8 Å². The van der Waals surface area contributed by atoms with E-state index in [1.54, 1.807) is 7.11 Å². The fraction of sp³-hybridized carbons (Fsp3) is 0.407. The highest BCUT2D eigenvalue weighted by Gasteiger charge is 2.41. The number of benzene rings is 2. The van der Waals surface area contributed by atoms with Gasteiger partial charge in [-0.15, -0.1) is 0 Å². The molecule has 1 saturated heterocycles. The number of amides is 2. The predicted molar refractivity (Wildman–Crippen MR) is 128 cm³/mol. The van der Waals surface area contributed by atoms with Crippen LogP contribution >= 0.6 is 0 Å².